The number of aryl methyl sites for hydroxylation is 1. The minimum Gasteiger partial charge on any atom is -0.493 e. The largest absolute Gasteiger partial charge is 0.493 e. The van der Waals surface area contributed by atoms with E-state index in [-0.39, 0.29) is 0 Å². The van der Waals surface area contributed by atoms with Crippen molar-refractivity contribution in [2.45, 2.75) is 20.1 Å². The summed E-state index contributed by atoms with van der Waals surface area (Å²) >= 11 is 0. The first-order chi connectivity index (χ1) is 13.2. The van der Waals surface area contributed by atoms with Gasteiger partial charge in [0.25, 0.3) is 0 Å². The van der Waals surface area contributed by atoms with Gasteiger partial charge in [-0.3, -0.25) is 0 Å². The number of hydrogen-bond donors (Lipinski definition) is 0. The Morgan fingerprint density at radius 3 is 2.30 bits per heavy atom. The van der Waals surface area contributed by atoms with Crippen LogP contribution in [-0.2, 0) is 18.1 Å². The maximum atomic E-state index is 5.91. The standard InChI is InChI=1S/C23H23NO3/c1-18-8-10-20(11-9-18)17-27-24-15-21-12-13-22(25-2)23(14-21)26-16-19-6-4-3-5-7-19/h3-15H,16-17H2,1-2H3/b24-15-. The molecule has 0 aliphatic carbocycles. The highest BCUT2D eigenvalue weighted by Crippen LogP contribution is 2.28. The second-order valence-electron chi connectivity index (χ2n) is 6.18. The number of ether oxygens (including phenoxy) is 2. The number of rotatable bonds is 8. The van der Waals surface area contributed by atoms with E-state index in [1.54, 1.807) is 13.3 Å². The van der Waals surface area contributed by atoms with Crippen LogP contribution in [0.3, 0.4) is 0 Å². The van der Waals surface area contributed by atoms with E-state index in [9.17, 15) is 0 Å². The molecule has 138 valence electrons. The van der Waals surface area contributed by atoms with E-state index in [0.717, 1.165) is 16.7 Å². The molecule has 3 rings (SSSR count). The van der Waals surface area contributed by atoms with Gasteiger partial charge in [-0.05, 0) is 36.2 Å². The van der Waals surface area contributed by atoms with Crippen LogP contribution in [0, 0.1) is 6.92 Å². The van der Waals surface area contributed by atoms with Crippen molar-refractivity contribution in [2.24, 2.45) is 5.16 Å². The van der Waals surface area contributed by atoms with Gasteiger partial charge in [0.15, 0.2) is 11.5 Å². The van der Waals surface area contributed by atoms with Crippen molar-refractivity contribution in [1.82, 2.24) is 0 Å². The van der Waals surface area contributed by atoms with E-state index in [4.69, 9.17) is 14.3 Å². The summed E-state index contributed by atoms with van der Waals surface area (Å²) in [5.74, 6) is 1.35. The van der Waals surface area contributed by atoms with Gasteiger partial charge in [0, 0.05) is 5.56 Å². The molecule has 3 aromatic rings. The number of hydrogen-bond acceptors (Lipinski definition) is 4. The topological polar surface area (TPSA) is 40.0 Å². The maximum Gasteiger partial charge on any atom is 0.162 e. The smallest absolute Gasteiger partial charge is 0.162 e. The van der Waals surface area contributed by atoms with Crippen LogP contribution in [-0.4, -0.2) is 13.3 Å². The molecule has 0 aliphatic rings. The van der Waals surface area contributed by atoms with Gasteiger partial charge in [-0.2, -0.15) is 0 Å². The van der Waals surface area contributed by atoms with E-state index >= 15 is 0 Å². The summed E-state index contributed by atoms with van der Waals surface area (Å²) in [6.45, 7) is 2.97. The summed E-state index contributed by atoms with van der Waals surface area (Å²) in [6, 6.07) is 23.9. The molecule has 0 N–H and O–H groups in total. The van der Waals surface area contributed by atoms with Crippen LogP contribution in [0.5, 0.6) is 11.5 Å². The highest BCUT2D eigenvalue weighted by molar-refractivity contribution is 5.80. The summed E-state index contributed by atoms with van der Waals surface area (Å²) < 4.78 is 11.3. The van der Waals surface area contributed by atoms with Crippen LogP contribution in [0.4, 0.5) is 0 Å². The molecule has 0 radical (unpaired) electrons. The van der Waals surface area contributed by atoms with Crippen molar-refractivity contribution in [3.8, 4) is 11.5 Å². The van der Waals surface area contributed by atoms with Crippen molar-refractivity contribution < 1.29 is 14.3 Å². The molecule has 0 heterocycles. The average molecular weight is 361 g/mol. The van der Waals surface area contributed by atoms with Gasteiger partial charge >= 0.3 is 0 Å². The summed E-state index contributed by atoms with van der Waals surface area (Å²) in [4.78, 5) is 5.39. The molecular formula is C23H23NO3. The quantitative estimate of drug-likeness (QED) is 0.412. The molecule has 0 amide bonds. The fourth-order valence-corrected chi connectivity index (χ4v) is 2.52. The number of benzene rings is 3. The zero-order valence-electron chi connectivity index (χ0n) is 15.6. The fourth-order valence-electron chi connectivity index (χ4n) is 2.52. The summed E-state index contributed by atoms with van der Waals surface area (Å²) in [5.41, 5.74) is 4.28. The first kappa shape index (κ1) is 18.5. The van der Waals surface area contributed by atoms with E-state index in [1.165, 1.54) is 5.56 Å². The lowest BCUT2D eigenvalue weighted by atomic mass is 10.2. The third-order valence-electron chi connectivity index (χ3n) is 4.05. The van der Waals surface area contributed by atoms with Crippen molar-refractivity contribution in [3.05, 3.63) is 95.1 Å². The van der Waals surface area contributed by atoms with E-state index in [0.29, 0.717) is 24.7 Å². The Hall–Kier alpha value is -3.27. The highest BCUT2D eigenvalue weighted by atomic mass is 16.6. The Labute approximate surface area is 160 Å². The highest BCUT2D eigenvalue weighted by Gasteiger charge is 2.06. The molecule has 0 aliphatic heterocycles. The van der Waals surface area contributed by atoms with Crippen molar-refractivity contribution in [2.75, 3.05) is 7.11 Å². The first-order valence-electron chi connectivity index (χ1n) is 8.80. The second kappa shape index (κ2) is 9.43. The molecule has 4 nitrogen and oxygen atoms in total. The molecule has 0 fully saturated rings. The van der Waals surface area contributed by atoms with Gasteiger partial charge in [-0.1, -0.05) is 65.3 Å². The van der Waals surface area contributed by atoms with E-state index < -0.39 is 0 Å². The summed E-state index contributed by atoms with van der Waals surface area (Å²) in [6.07, 6.45) is 1.67. The Kier molecular flexibility index (Phi) is 6.47. The molecule has 0 spiro atoms. The normalized spacial score (nSPS) is 10.7. The van der Waals surface area contributed by atoms with E-state index in [2.05, 4.69) is 24.2 Å². The van der Waals surface area contributed by atoms with Crippen molar-refractivity contribution >= 4 is 6.21 Å². The SMILES string of the molecule is COc1ccc(/C=N\OCc2ccc(C)cc2)cc1OCc1ccccc1. The van der Waals surface area contributed by atoms with Gasteiger partial charge < -0.3 is 14.3 Å². The zero-order valence-corrected chi connectivity index (χ0v) is 15.6. The van der Waals surface area contributed by atoms with Crippen LogP contribution >= 0.6 is 0 Å². The number of methoxy groups -OCH3 is 1. The predicted octanol–water partition coefficient (Wildman–Crippen LogP) is 5.13. The zero-order chi connectivity index (χ0) is 18.9. The van der Waals surface area contributed by atoms with Crippen molar-refractivity contribution in [3.63, 3.8) is 0 Å². The van der Waals surface area contributed by atoms with Crippen LogP contribution < -0.4 is 9.47 Å². The third kappa shape index (κ3) is 5.61. The van der Waals surface area contributed by atoms with Gasteiger partial charge in [0.05, 0.1) is 13.3 Å². The first-order valence-corrected chi connectivity index (χ1v) is 8.80. The van der Waals surface area contributed by atoms with Gasteiger partial charge in [-0.25, -0.2) is 0 Å². The molecule has 0 saturated heterocycles. The minimum absolute atomic E-state index is 0.435. The van der Waals surface area contributed by atoms with Crippen molar-refractivity contribution in [1.29, 1.82) is 0 Å². The van der Waals surface area contributed by atoms with Crippen LogP contribution in [0.1, 0.15) is 22.3 Å². The van der Waals surface area contributed by atoms with Crippen LogP contribution in [0.2, 0.25) is 0 Å². The van der Waals surface area contributed by atoms with E-state index in [1.807, 2.05) is 60.7 Å². The maximum absolute atomic E-state index is 5.91. The molecule has 3 aromatic carbocycles. The molecule has 4 heteroatoms. The Morgan fingerprint density at radius 2 is 1.56 bits per heavy atom. The van der Waals surface area contributed by atoms with Gasteiger partial charge in [0.1, 0.15) is 13.2 Å². The van der Waals surface area contributed by atoms with Gasteiger partial charge in [0.2, 0.25) is 0 Å². The van der Waals surface area contributed by atoms with Crippen LogP contribution in [0.25, 0.3) is 0 Å². The summed E-state index contributed by atoms with van der Waals surface area (Å²) in [7, 11) is 1.63. The summed E-state index contributed by atoms with van der Waals surface area (Å²) in [5, 5.41) is 4.05. The Balaban J connectivity index is 1.60. The minimum atomic E-state index is 0.435. The molecular weight excluding hydrogens is 338 g/mol. The molecule has 27 heavy (non-hydrogen) atoms. The second-order valence-corrected chi connectivity index (χ2v) is 6.18. The molecule has 0 saturated carbocycles. The van der Waals surface area contributed by atoms with Crippen LogP contribution in [0.15, 0.2) is 78.0 Å². The monoisotopic (exact) mass is 361 g/mol. The number of oxime groups is 1. The third-order valence-corrected chi connectivity index (χ3v) is 4.05. The fraction of sp³-hybridized carbons (Fsp3) is 0.174. The average Bonchev–Trinajstić information content (AvgIpc) is 2.72. The molecule has 0 atom stereocenters. The molecule has 0 aromatic heterocycles. The van der Waals surface area contributed by atoms with Gasteiger partial charge in [-0.15, -0.1) is 0 Å². The Morgan fingerprint density at radius 1 is 0.815 bits per heavy atom. The Bertz CT molecular complexity index is 874. The number of nitrogens with zero attached hydrogens (tertiary/aromatic N) is 1. The lowest BCUT2D eigenvalue weighted by molar-refractivity contribution is 0.132. The lowest BCUT2D eigenvalue weighted by Gasteiger charge is -2.11. The predicted molar refractivity (Wildman–Crippen MR) is 107 cm³/mol. The molecule has 0 bridgehead atoms. The molecule has 0 unspecified atom stereocenters. The lowest BCUT2D eigenvalue weighted by Crippen LogP contribution is -1.98.